The van der Waals surface area contributed by atoms with E-state index in [1.54, 1.807) is 0 Å². The van der Waals surface area contributed by atoms with Gasteiger partial charge in [-0.15, -0.1) is 0 Å². The maximum absolute atomic E-state index is 5.44. The highest BCUT2D eigenvalue weighted by Gasteiger charge is 1.99. The predicted octanol–water partition coefficient (Wildman–Crippen LogP) is 3.06. The molecular weight excluding hydrogens is 148 g/mol. The van der Waals surface area contributed by atoms with Crippen LogP contribution in [0, 0.1) is 13.0 Å². The van der Waals surface area contributed by atoms with Crippen molar-refractivity contribution < 1.29 is 4.42 Å². The van der Waals surface area contributed by atoms with Crippen molar-refractivity contribution in [2.24, 2.45) is 0 Å². The zero-order valence-corrected chi connectivity index (χ0v) is 6.87. The Kier molecular flexibility index (Phi) is 1.71. The highest BCUT2D eigenvalue weighted by molar-refractivity contribution is 5.56. The number of benzene rings is 1. The van der Waals surface area contributed by atoms with Crippen molar-refractivity contribution in [1.82, 2.24) is 0 Å². The fourth-order valence-corrected chi connectivity index (χ4v) is 1.13. The molecule has 0 atom stereocenters. The Morgan fingerprint density at radius 1 is 1.17 bits per heavy atom. The maximum atomic E-state index is 5.44. The van der Waals surface area contributed by atoms with E-state index in [2.05, 4.69) is 6.07 Å². The molecule has 0 aliphatic carbocycles. The van der Waals surface area contributed by atoms with Crippen LogP contribution in [0.15, 0.2) is 40.8 Å². The smallest absolute Gasteiger partial charge is 0.134 e. The first kappa shape index (κ1) is 7.17. The van der Waals surface area contributed by atoms with Gasteiger partial charge in [-0.2, -0.15) is 0 Å². The van der Waals surface area contributed by atoms with E-state index in [0.717, 1.165) is 17.1 Å². The number of hydrogen-bond donors (Lipinski definition) is 0. The molecule has 0 bridgehead atoms. The predicted molar refractivity (Wildman–Crippen MR) is 47.7 cm³/mol. The summed E-state index contributed by atoms with van der Waals surface area (Å²) >= 11 is 0. The second-order valence-electron chi connectivity index (χ2n) is 2.69. The molecule has 0 amide bonds. The Labute approximate surface area is 71.6 Å². The fourth-order valence-electron chi connectivity index (χ4n) is 1.13. The van der Waals surface area contributed by atoms with E-state index in [4.69, 9.17) is 4.42 Å². The van der Waals surface area contributed by atoms with Gasteiger partial charge in [-0.05, 0) is 25.1 Å². The van der Waals surface area contributed by atoms with Crippen LogP contribution in [-0.2, 0) is 0 Å². The zero-order valence-electron chi connectivity index (χ0n) is 6.87. The Morgan fingerprint density at radius 3 is 2.67 bits per heavy atom. The van der Waals surface area contributed by atoms with Gasteiger partial charge < -0.3 is 4.42 Å². The number of furan rings is 1. The third-order valence-electron chi connectivity index (χ3n) is 1.71. The molecule has 1 radical (unpaired) electrons. The van der Waals surface area contributed by atoms with Crippen LogP contribution < -0.4 is 0 Å². The maximum Gasteiger partial charge on any atom is 0.134 e. The van der Waals surface area contributed by atoms with Crippen LogP contribution >= 0.6 is 0 Å². The molecule has 1 heterocycles. The van der Waals surface area contributed by atoms with E-state index in [0.29, 0.717) is 0 Å². The molecular formula is C11H9O. The van der Waals surface area contributed by atoms with Gasteiger partial charge >= 0.3 is 0 Å². The van der Waals surface area contributed by atoms with Crippen LogP contribution in [0.2, 0.25) is 0 Å². The molecule has 0 N–H and O–H groups in total. The molecule has 0 saturated heterocycles. The van der Waals surface area contributed by atoms with Gasteiger partial charge in [-0.25, -0.2) is 0 Å². The standard InChI is InChI=1S/C11H9O/c1-9-7-8-11(12-9)10-5-3-2-4-6-10/h2-5,7-8H,1H3. The van der Waals surface area contributed by atoms with E-state index < -0.39 is 0 Å². The summed E-state index contributed by atoms with van der Waals surface area (Å²) in [6.45, 7) is 1.94. The van der Waals surface area contributed by atoms with Crippen LogP contribution in [0.5, 0.6) is 0 Å². The lowest BCUT2D eigenvalue weighted by Crippen LogP contribution is -1.70. The molecule has 1 nitrogen and oxygen atoms in total. The van der Waals surface area contributed by atoms with Crippen LogP contribution in [-0.4, -0.2) is 0 Å². The zero-order chi connectivity index (χ0) is 8.39. The third kappa shape index (κ3) is 1.26. The summed E-state index contributed by atoms with van der Waals surface area (Å²) in [7, 11) is 0. The van der Waals surface area contributed by atoms with Crippen molar-refractivity contribution >= 4 is 0 Å². The van der Waals surface area contributed by atoms with Gasteiger partial charge in [0.2, 0.25) is 0 Å². The molecule has 2 aromatic rings. The molecule has 0 aliphatic heterocycles. The lowest BCUT2D eigenvalue weighted by atomic mass is 10.2. The van der Waals surface area contributed by atoms with E-state index in [-0.39, 0.29) is 0 Å². The van der Waals surface area contributed by atoms with Gasteiger partial charge in [0, 0.05) is 5.56 Å². The summed E-state index contributed by atoms with van der Waals surface area (Å²) in [6.07, 6.45) is 0. The number of aryl methyl sites for hydroxylation is 1. The molecule has 0 saturated carbocycles. The van der Waals surface area contributed by atoms with Crippen molar-refractivity contribution in [2.75, 3.05) is 0 Å². The Bertz CT molecular complexity index is 360. The molecule has 1 aromatic heterocycles. The number of hydrogen-bond acceptors (Lipinski definition) is 1. The Morgan fingerprint density at radius 2 is 2.08 bits per heavy atom. The quantitative estimate of drug-likeness (QED) is 0.620. The average molecular weight is 157 g/mol. The van der Waals surface area contributed by atoms with Crippen molar-refractivity contribution in [3.63, 3.8) is 0 Å². The van der Waals surface area contributed by atoms with E-state index in [1.807, 2.05) is 43.3 Å². The van der Waals surface area contributed by atoms with Crippen molar-refractivity contribution in [3.8, 4) is 11.3 Å². The molecule has 0 fully saturated rings. The minimum absolute atomic E-state index is 0.883. The monoisotopic (exact) mass is 157 g/mol. The van der Waals surface area contributed by atoms with Crippen molar-refractivity contribution in [3.05, 3.63) is 48.2 Å². The first-order valence-electron chi connectivity index (χ1n) is 3.90. The molecule has 1 aromatic carbocycles. The summed E-state index contributed by atoms with van der Waals surface area (Å²) in [4.78, 5) is 0. The minimum Gasteiger partial charge on any atom is -0.461 e. The summed E-state index contributed by atoms with van der Waals surface area (Å²) in [6, 6.07) is 14.8. The van der Waals surface area contributed by atoms with E-state index in [9.17, 15) is 0 Å². The Balaban J connectivity index is 2.45. The van der Waals surface area contributed by atoms with Gasteiger partial charge in [0.1, 0.15) is 11.5 Å². The van der Waals surface area contributed by atoms with Crippen molar-refractivity contribution in [2.45, 2.75) is 6.92 Å². The fraction of sp³-hybridized carbons (Fsp3) is 0.0909. The highest BCUT2D eigenvalue weighted by atomic mass is 16.3. The summed E-state index contributed by atoms with van der Waals surface area (Å²) < 4.78 is 5.44. The first-order valence-corrected chi connectivity index (χ1v) is 3.90. The topological polar surface area (TPSA) is 13.1 Å². The first-order chi connectivity index (χ1) is 5.86. The van der Waals surface area contributed by atoms with Gasteiger partial charge in [0.05, 0.1) is 0 Å². The second-order valence-corrected chi connectivity index (χ2v) is 2.69. The minimum atomic E-state index is 0.883. The molecule has 2 rings (SSSR count). The second kappa shape index (κ2) is 2.86. The third-order valence-corrected chi connectivity index (χ3v) is 1.71. The molecule has 0 spiro atoms. The normalized spacial score (nSPS) is 10.1. The summed E-state index contributed by atoms with van der Waals surface area (Å²) in [5, 5.41) is 0. The summed E-state index contributed by atoms with van der Waals surface area (Å²) in [5.41, 5.74) is 1.01. The van der Waals surface area contributed by atoms with Gasteiger partial charge in [-0.1, -0.05) is 24.3 Å². The van der Waals surface area contributed by atoms with Gasteiger partial charge in [0.15, 0.2) is 0 Å². The molecule has 0 aliphatic rings. The molecule has 12 heavy (non-hydrogen) atoms. The lowest BCUT2D eigenvalue weighted by Gasteiger charge is -1.93. The average Bonchev–Trinajstić information content (AvgIpc) is 2.54. The Hall–Kier alpha value is -1.50. The molecule has 1 heteroatoms. The van der Waals surface area contributed by atoms with Gasteiger partial charge in [-0.3, -0.25) is 0 Å². The number of rotatable bonds is 1. The molecule has 59 valence electrons. The van der Waals surface area contributed by atoms with E-state index >= 15 is 0 Å². The van der Waals surface area contributed by atoms with Crippen LogP contribution in [0.25, 0.3) is 11.3 Å². The molecule has 0 unspecified atom stereocenters. The van der Waals surface area contributed by atoms with Crippen LogP contribution in [0.4, 0.5) is 0 Å². The SMILES string of the molecule is Cc1ccc(-c2[c]cccc2)o1. The largest absolute Gasteiger partial charge is 0.461 e. The van der Waals surface area contributed by atoms with Crippen molar-refractivity contribution in [1.29, 1.82) is 0 Å². The van der Waals surface area contributed by atoms with E-state index in [1.165, 1.54) is 0 Å². The highest BCUT2D eigenvalue weighted by Crippen LogP contribution is 2.20. The van der Waals surface area contributed by atoms with Crippen LogP contribution in [0.3, 0.4) is 0 Å². The van der Waals surface area contributed by atoms with Crippen LogP contribution in [0.1, 0.15) is 5.76 Å². The lowest BCUT2D eigenvalue weighted by molar-refractivity contribution is 0.548. The van der Waals surface area contributed by atoms with Gasteiger partial charge in [0.25, 0.3) is 0 Å². The summed E-state index contributed by atoms with van der Waals surface area (Å²) in [5.74, 6) is 1.82.